The monoisotopic (exact) mass is 508 g/mol. The topological polar surface area (TPSA) is 102 Å². The van der Waals surface area contributed by atoms with Gasteiger partial charge in [0, 0.05) is 19.7 Å². The van der Waals surface area contributed by atoms with Crippen molar-refractivity contribution in [2.75, 3.05) is 5.73 Å². The van der Waals surface area contributed by atoms with Gasteiger partial charge in [0.25, 0.3) is 0 Å². The lowest BCUT2D eigenvalue weighted by atomic mass is 10.2. The van der Waals surface area contributed by atoms with Gasteiger partial charge in [-0.25, -0.2) is 9.18 Å². The SMILES string of the molecule is CCn1c(COCc2ccccc2)nn(-c2cc(O[C@@H](C)C(F)(F)F)c3c(N)nn(C)c3c2F)c1=O. The first-order chi connectivity index (χ1) is 17.0. The standard InChI is InChI=1S/C23H24F4N6O3/c1-4-32-17(12-35-11-14-8-6-5-7-9-14)29-33(22(32)34)15-10-16(36-13(2)23(25,26)27)18-20(19(15)24)31(3)30-21(18)28/h5-10,13H,4,11-12H2,1-3H3,(H2,28,30)/t13-/m0/s1. The van der Waals surface area contributed by atoms with E-state index < -0.39 is 29.5 Å². The minimum atomic E-state index is -4.69. The number of anilines is 1. The van der Waals surface area contributed by atoms with Crippen LogP contribution in [0.4, 0.5) is 23.4 Å². The predicted molar refractivity (Wildman–Crippen MR) is 123 cm³/mol. The van der Waals surface area contributed by atoms with Gasteiger partial charge in [-0.05, 0) is 19.4 Å². The number of aromatic nitrogens is 5. The van der Waals surface area contributed by atoms with Crippen LogP contribution in [0.15, 0.2) is 41.2 Å². The van der Waals surface area contributed by atoms with Gasteiger partial charge < -0.3 is 15.2 Å². The van der Waals surface area contributed by atoms with E-state index in [1.54, 1.807) is 6.92 Å². The van der Waals surface area contributed by atoms with E-state index in [0.717, 1.165) is 27.9 Å². The van der Waals surface area contributed by atoms with Crippen LogP contribution in [0.2, 0.25) is 0 Å². The van der Waals surface area contributed by atoms with Crippen LogP contribution in [-0.4, -0.2) is 36.4 Å². The summed E-state index contributed by atoms with van der Waals surface area (Å²) in [4.78, 5) is 13.1. The average molecular weight is 508 g/mol. The molecule has 0 aliphatic heterocycles. The van der Waals surface area contributed by atoms with Crippen molar-refractivity contribution in [1.29, 1.82) is 0 Å². The van der Waals surface area contributed by atoms with Gasteiger partial charge in [0.2, 0.25) is 0 Å². The Morgan fingerprint density at radius 3 is 2.47 bits per heavy atom. The van der Waals surface area contributed by atoms with Crippen molar-refractivity contribution >= 4 is 16.7 Å². The summed E-state index contributed by atoms with van der Waals surface area (Å²) in [6.45, 7) is 2.92. The molecule has 4 aromatic rings. The highest BCUT2D eigenvalue weighted by atomic mass is 19.4. The summed E-state index contributed by atoms with van der Waals surface area (Å²) in [6.07, 6.45) is -6.92. The molecular formula is C23H24F4N6O3. The van der Waals surface area contributed by atoms with Crippen LogP contribution in [0.3, 0.4) is 0 Å². The summed E-state index contributed by atoms with van der Waals surface area (Å²) in [7, 11) is 1.37. The maximum atomic E-state index is 15.6. The van der Waals surface area contributed by atoms with Crippen LogP contribution in [0.25, 0.3) is 16.6 Å². The maximum absolute atomic E-state index is 15.6. The third kappa shape index (κ3) is 4.65. The number of nitrogens with two attached hydrogens (primary N) is 1. The molecular weight excluding hydrogens is 484 g/mol. The molecule has 0 aliphatic rings. The van der Waals surface area contributed by atoms with E-state index in [4.69, 9.17) is 15.2 Å². The van der Waals surface area contributed by atoms with Crippen LogP contribution in [0.5, 0.6) is 5.75 Å². The molecule has 0 saturated carbocycles. The fraction of sp³-hybridized carbons (Fsp3) is 0.348. The Balaban J connectivity index is 1.78. The number of rotatable bonds is 8. The van der Waals surface area contributed by atoms with Gasteiger partial charge in [0.1, 0.15) is 23.6 Å². The molecule has 0 fully saturated rings. The van der Waals surface area contributed by atoms with Crippen molar-refractivity contribution in [2.45, 2.75) is 45.9 Å². The van der Waals surface area contributed by atoms with Gasteiger partial charge in [-0.15, -0.1) is 5.10 Å². The summed E-state index contributed by atoms with van der Waals surface area (Å²) >= 11 is 0. The molecule has 2 N–H and O–H groups in total. The summed E-state index contributed by atoms with van der Waals surface area (Å²) in [6, 6.07) is 10.3. The fourth-order valence-corrected chi connectivity index (χ4v) is 3.78. The quantitative estimate of drug-likeness (QED) is 0.364. The molecule has 0 bridgehead atoms. The van der Waals surface area contributed by atoms with E-state index in [-0.39, 0.29) is 48.1 Å². The third-order valence-corrected chi connectivity index (χ3v) is 5.61. The molecule has 9 nitrogen and oxygen atoms in total. The lowest BCUT2D eigenvalue weighted by Crippen LogP contribution is -2.31. The van der Waals surface area contributed by atoms with E-state index in [1.165, 1.54) is 11.6 Å². The van der Waals surface area contributed by atoms with Gasteiger partial charge in [-0.1, -0.05) is 30.3 Å². The fourth-order valence-electron chi connectivity index (χ4n) is 3.78. The number of benzene rings is 2. The smallest absolute Gasteiger partial charge is 0.425 e. The van der Waals surface area contributed by atoms with E-state index in [0.29, 0.717) is 0 Å². The Morgan fingerprint density at radius 1 is 1.14 bits per heavy atom. The molecule has 0 spiro atoms. The van der Waals surface area contributed by atoms with Crippen LogP contribution < -0.4 is 16.2 Å². The summed E-state index contributed by atoms with van der Waals surface area (Å²) in [5.74, 6) is -1.32. The largest absolute Gasteiger partial charge is 0.480 e. The Morgan fingerprint density at radius 2 is 1.83 bits per heavy atom. The Hall–Kier alpha value is -3.87. The number of alkyl halides is 3. The van der Waals surface area contributed by atoms with E-state index >= 15 is 4.39 Å². The molecule has 0 radical (unpaired) electrons. The molecule has 0 saturated heterocycles. The van der Waals surface area contributed by atoms with Gasteiger partial charge in [0.05, 0.1) is 12.0 Å². The molecule has 192 valence electrons. The summed E-state index contributed by atoms with van der Waals surface area (Å²) < 4.78 is 69.2. The van der Waals surface area contributed by atoms with Crippen LogP contribution in [0.1, 0.15) is 25.2 Å². The van der Waals surface area contributed by atoms with Crippen LogP contribution in [0, 0.1) is 5.82 Å². The second kappa shape index (κ2) is 9.64. The first-order valence-corrected chi connectivity index (χ1v) is 11.0. The van der Waals surface area contributed by atoms with Gasteiger partial charge in [-0.3, -0.25) is 9.25 Å². The number of nitrogen functional groups attached to an aromatic ring is 1. The molecule has 36 heavy (non-hydrogen) atoms. The number of nitrogens with zero attached hydrogens (tertiary/aromatic N) is 5. The highest BCUT2D eigenvalue weighted by molar-refractivity contribution is 5.96. The van der Waals surface area contributed by atoms with Crippen molar-refractivity contribution in [2.24, 2.45) is 7.05 Å². The predicted octanol–water partition coefficient (Wildman–Crippen LogP) is 3.71. The Kier molecular flexibility index (Phi) is 6.76. The lowest BCUT2D eigenvalue weighted by molar-refractivity contribution is -0.188. The first-order valence-electron chi connectivity index (χ1n) is 11.0. The van der Waals surface area contributed by atoms with Crippen molar-refractivity contribution in [3.05, 3.63) is 64.1 Å². The lowest BCUT2D eigenvalue weighted by Gasteiger charge is -2.19. The zero-order valence-corrected chi connectivity index (χ0v) is 19.7. The number of hydrogen-bond acceptors (Lipinski definition) is 6. The van der Waals surface area contributed by atoms with Crippen LogP contribution in [-0.2, 0) is 31.5 Å². The first kappa shape index (κ1) is 25.2. The minimum Gasteiger partial charge on any atom is -0.480 e. The molecule has 1 atom stereocenters. The minimum absolute atomic E-state index is 0.0536. The number of aryl methyl sites for hydroxylation is 1. The molecule has 0 unspecified atom stereocenters. The van der Waals surface area contributed by atoms with Crippen molar-refractivity contribution < 1.29 is 27.0 Å². The number of hydrogen-bond donors (Lipinski definition) is 1. The maximum Gasteiger partial charge on any atom is 0.425 e. The van der Waals surface area contributed by atoms with Crippen molar-refractivity contribution in [3.63, 3.8) is 0 Å². The summed E-state index contributed by atoms with van der Waals surface area (Å²) in [5.41, 5.74) is 5.42. The number of fused-ring (bicyclic) bond motifs is 1. The van der Waals surface area contributed by atoms with Gasteiger partial charge in [0.15, 0.2) is 23.6 Å². The zero-order valence-electron chi connectivity index (χ0n) is 19.7. The molecule has 2 aromatic heterocycles. The number of halogens is 4. The Bertz CT molecular complexity index is 1440. The van der Waals surface area contributed by atoms with Gasteiger partial charge in [-0.2, -0.15) is 23.0 Å². The molecule has 2 heterocycles. The van der Waals surface area contributed by atoms with Gasteiger partial charge >= 0.3 is 11.9 Å². The second-order valence-corrected chi connectivity index (χ2v) is 8.08. The van der Waals surface area contributed by atoms with E-state index in [1.807, 2.05) is 30.3 Å². The van der Waals surface area contributed by atoms with Crippen LogP contribution >= 0.6 is 0 Å². The average Bonchev–Trinajstić information content (AvgIpc) is 3.30. The molecule has 0 amide bonds. The molecule has 13 heteroatoms. The highest BCUT2D eigenvalue weighted by Gasteiger charge is 2.39. The third-order valence-electron chi connectivity index (χ3n) is 5.61. The molecule has 4 rings (SSSR count). The van der Waals surface area contributed by atoms with Crippen molar-refractivity contribution in [1.82, 2.24) is 24.1 Å². The normalized spacial score (nSPS) is 12.9. The highest BCUT2D eigenvalue weighted by Crippen LogP contribution is 2.37. The zero-order chi connectivity index (χ0) is 26.2. The molecule has 2 aromatic carbocycles. The Labute approximate surface area is 202 Å². The second-order valence-electron chi connectivity index (χ2n) is 8.08. The van der Waals surface area contributed by atoms with Crippen molar-refractivity contribution in [3.8, 4) is 11.4 Å². The van der Waals surface area contributed by atoms with E-state index in [9.17, 15) is 18.0 Å². The number of ether oxygens (including phenoxy) is 2. The van der Waals surface area contributed by atoms with E-state index in [2.05, 4.69) is 10.2 Å². The summed E-state index contributed by atoms with van der Waals surface area (Å²) in [5, 5.41) is 7.99. The molecule has 0 aliphatic carbocycles.